The predicted molar refractivity (Wildman–Crippen MR) is 134 cm³/mol. The molecule has 36 heavy (non-hydrogen) atoms. The number of methoxy groups -OCH3 is 1. The number of hydrogen-bond donors (Lipinski definition) is 1. The summed E-state index contributed by atoms with van der Waals surface area (Å²) in [7, 11) is 1.34. The summed E-state index contributed by atoms with van der Waals surface area (Å²) in [6.07, 6.45) is 1.66. The van der Waals surface area contributed by atoms with Crippen molar-refractivity contribution in [3.05, 3.63) is 60.3 Å². The van der Waals surface area contributed by atoms with Crippen LogP contribution in [0.3, 0.4) is 0 Å². The van der Waals surface area contributed by atoms with Gasteiger partial charge in [0.1, 0.15) is 5.75 Å². The molecule has 0 atom stereocenters. The first-order valence-corrected chi connectivity index (χ1v) is 11.8. The summed E-state index contributed by atoms with van der Waals surface area (Å²) in [4.78, 5) is 37.6. The van der Waals surface area contributed by atoms with Gasteiger partial charge < -0.3 is 24.4 Å². The number of hydrogen-bond acceptors (Lipinski definition) is 9. The maximum Gasteiger partial charge on any atom is 0.337 e. The molecule has 5 rings (SSSR count). The minimum atomic E-state index is -0.419. The fourth-order valence-electron chi connectivity index (χ4n) is 4.22. The molecule has 0 aliphatic carbocycles. The number of ether oxygens (including phenoxy) is 3. The summed E-state index contributed by atoms with van der Waals surface area (Å²) in [5, 5.41) is 3.13. The molecule has 1 aromatic heterocycles. The van der Waals surface area contributed by atoms with Gasteiger partial charge in [-0.1, -0.05) is 6.07 Å². The van der Waals surface area contributed by atoms with Crippen LogP contribution in [0.2, 0.25) is 0 Å². The number of morpholine rings is 1. The fraction of sp³-hybridized carbons (Fsp3) is 0.308. The predicted octanol–water partition coefficient (Wildman–Crippen LogP) is 2.73. The standard InChI is InChI=1S/C26H27N5O5/c1-34-25(33)19-3-2-4-20(15-19)28-26-27-8-7-21(29-26)18-5-6-23-22(16-18)31(24(32)17-36-23)10-9-30-11-13-35-14-12-30/h2-8,15-16H,9-14,17H2,1H3,(H,27,28,29). The van der Waals surface area contributed by atoms with E-state index in [4.69, 9.17) is 14.2 Å². The molecule has 0 radical (unpaired) electrons. The molecule has 186 valence electrons. The van der Waals surface area contributed by atoms with Gasteiger partial charge in [-0.15, -0.1) is 0 Å². The van der Waals surface area contributed by atoms with E-state index in [1.54, 1.807) is 35.4 Å². The van der Waals surface area contributed by atoms with Gasteiger partial charge in [0.05, 0.1) is 37.3 Å². The number of amides is 1. The number of benzene rings is 2. The van der Waals surface area contributed by atoms with Crippen molar-refractivity contribution in [1.82, 2.24) is 14.9 Å². The lowest BCUT2D eigenvalue weighted by atomic mass is 10.1. The molecule has 2 aliphatic heterocycles. The smallest absolute Gasteiger partial charge is 0.337 e. The molecular weight excluding hydrogens is 462 g/mol. The van der Waals surface area contributed by atoms with Crippen LogP contribution in [0.1, 0.15) is 10.4 Å². The van der Waals surface area contributed by atoms with Gasteiger partial charge in [-0.25, -0.2) is 14.8 Å². The van der Waals surface area contributed by atoms with Crippen LogP contribution in [0.15, 0.2) is 54.7 Å². The van der Waals surface area contributed by atoms with Crippen molar-refractivity contribution in [2.45, 2.75) is 0 Å². The third kappa shape index (κ3) is 5.29. The first kappa shape index (κ1) is 23.7. The maximum atomic E-state index is 12.7. The number of nitrogens with one attached hydrogen (secondary N) is 1. The van der Waals surface area contributed by atoms with Gasteiger partial charge in [0, 0.05) is 43.6 Å². The van der Waals surface area contributed by atoms with Crippen molar-refractivity contribution < 1.29 is 23.8 Å². The van der Waals surface area contributed by atoms with Crippen LogP contribution in [0.25, 0.3) is 11.3 Å². The van der Waals surface area contributed by atoms with Crippen molar-refractivity contribution in [1.29, 1.82) is 0 Å². The van der Waals surface area contributed by atoms with Crippen LogP contribution in [0, 0.1) is 0 Å². The van der Waals surface area contributed by atoms with Gasteiger partial charge in [-0.05, 0) is 42.5 Å². The Morgan fingerprint density at radius 2 is 1.97 bits per heavy atom. The lowest BCUT2D eigenvalue weighted by Crippen LogP contribution is -2.45. The minimum Gasteiger partial charge on any atom is -0.482 e. The summed E-state index contributed by atoms with van der Waals surface area (Å²) in [6, 6.07) is 14.4. The molecule has 3 heterocycles. The number of carbonyl (C=O) groups excluding carboxylic acids is 2. The van der Waals surface area contributed by atoms with E-state index in [2.05, 4.69) is 20.2 Å². The Balaban J connectivity index is 1.36. The lowest BCUT2D eigenvalue weighted by Gasteiger charge is -2.33. The Labute approximate surface area is 208 Å². The average Bonchev–Trinajstić information content (AvgIpc) is 2.92. The molecule has 2 aliphatic rings. The van der Waals surface area contributed by atoms with E-state index in [1.807, 2.05) is 24.3 Å². The lowest BCUT2D eigenvalue weighted by molar-refractivity contribution is -0.121. The molecule has 1 saturated heterocycles. The number of aromatic nitrogens is 2. The van der Waals surface area contributed by atoms with Gasteiger partial charge in [0.15, 0.2) is 6.61 Å². The van der Waals surface area contributed by atoms with Gasteiger partial charge >= 0.3 is 5.97 Å². The Kier molecular flexibility index (Phi) is 7.06. The molecule has 0 bridgehead atoms. The SMILES string of the molecule is COC(=O)c1cccc(Nc2nccc(-c3ccc4c(c3)N(CCN3CCOCC3)C(=O)CO4)n2)c1. The molecule has 1 N–H and O–H groups in total. The molecule has 0 spiro atoms. The van der Waals surface area contributed by atoms with Gasteiger partial charge in [0.25, 0.3) is 5.91 Å². The highest BCUT2D eigenvalue weighted by Gasteiger charge is 2.27. The van der Waals surface area contributed by atoms with Crippen molar-refractivity contribution in [2.75, 3.05) is 63.3 Å². The van der Waals surface area contributed by atoms with Crippen molar-refractivity contribution >= 4 is 29.2 Å². The summed E-state index contributed by atoms with van der Waals surface area (Å²) in [6.45, 7) is 4.54. The zero-order chi connectivity index (χ0) is 24.9. The van der Waals surface area contributed by atoms with Crippen LogP contribution in [-0.4, -0.2) is 79.9 Å². The highest BCUT2D eigenvalue weighted by atomic mass is 16.5. The highest BCUT2D eigenvalue weighted by molar-refractivity contribution is 5.98. The van der Waals surface area contributed by atoms with Crippen LogP contribution in [0.4, 0.5) is 17.3 Å². The molecule has 1 amide bonds. The van der Waals surface area contributed by atoms with E-state index in [0.717, 1.165) is 44.1 Å². The van der Waals surface area contributed by atoms with Crippen LogP contribution < -0.4 is 15.0 Å². The maximum absolute atomic E-state index is 12.7. The molecule has 10 heteroatoms. The minimum absolute atomic E-state index is 0.0294. The van der Waals surface area contributed by atoms with Gasteiger partial charge in [-0.3, -0.25) is 9.69 Å². The Morgan fingerprint density at radius 1 is 1.11 bits per heavy atom. The molecule has 2 aromatic carbocycles. The Bertz CT molecular complexity index is 1260. The van der Waals surface area contributed by atoms with Gasteiger partial charge in [0.2, 0.25) is 5.95 Å². The monoisotopic (exact) mass is 489 g/mol. The first-order chi connectivity index (χ1) is 17.6. The second kappa shape index (κ2) is 10.7. The van der Waals surface area contributed by atoms with E-state index in [1.165, 1.54) is 7.11 Å². The Hall–Kier alpha value is -4.02. The summed E-state index contributed by atoms with van der Waals surface area (Å²) < 4.78 is 15.9. The normalized spacial score (nSPS) is 15.7. The number of rotatable bonds is 7. The van der Waals surface area contributed by atoms with Crippen LogP contribution in [-0.2, 0) is 14.3 Å². The number of esters is 1. The highest BCUT2D eigenvalue weighted by Crippen LogP contribution is 2.35. The number of carbonyl (C=O) groups is 2. The van der Waals surface area contributed by atoms with Gasteiger partial charge in [-0.2, -0.15) is 0 Å². The molecule has 0 unspecified atom stereocenters. The second-order valence-corrected chi connectivity index (χ2v) is 8.43. The number of nitrogens with zero attached hydrogens (tertiary/aromatic N) is 4. The zero-order valence-electron chi connectivity index (χ0n) is 20.0. The van der Waals surface area contributed by atoms with Crippen LogP contribution in [0.5, 0.6) is 5.75 Å². The van der Waals surface area contributed by atoms with Crippen LogP contribution >= 0.6 is 0 Å². The summed E-state index contributed by atoms with van der Waals surface area (Å²) in [5.74, 6) is 0.567. The van der Waals surface area contributed by atoms with E-state index in [-0.39, 0.29) is 12.5 Å². The van der Waals surface area contributed by atoms with E-state index < -0.39 is 5.97 Å². The van der Waals surface area contributed by atoms with Crippen molar-refractivity contribution in [3.63, 3.8) is 0 Å². The molecular formula is C26H27N5O5. The first-order valence-electron chi connectivity index (χ1n) is 11.8. The fourth-order valence-corrected chi connectivity index (χ4v) is 4.22. The molecule has 1 fully saturated rings. The quantitative estimate of drug-likeness (QED) is 0.502. The summed E-state index contributed by atoms with van der Waals surface area (Å²) >= 11 is 0. The Morgan fingerprint density at radius 3 is 2.81 bits per heavy atom. The summed E-state index contributed by atoms with van der Waals surface area (Å²) in [5.41, 5.74) is 3.34. The van der Waals surface area contributed by atoms with Crippen molar-refractivity contribution in [3.8, 4) is 17.0 Å². The topological polar surface area (TPSA) is 106 Å². The molecule has 3 aromatic rings. The molecule has 0 saturated carbocycles. The van der Waals surface area contributed by atoms with E-state index >= 15 is 0 Å². The third-order valence-corrected chi connectivity index (χ3v) is 6.14. The van der Waals surface area contributed by atoms with E-state index in [0.29, 0.717) is 35.2 Å². The number of anilines is 3. The third-order valence-electron chi connectivity index (χ3n) is 6.14. The average molecular weight is 490 g/mol. The zero-order valence-corrected chi connectivity index (χ0v) is 20.0. The largest absolute Gasteiger partial charge is 0.482 e. The second-order valence-electron chi connectivity index (χ2n) is 8.43. The molecule has 10 nitrogen and oxygen atoms in total. The van der Waals surface area contributed by atoms with Crippen molar-refractivity contribution in [2.24, 2.45) is 0 Å². The number of fused-ring (bicyclic) bond motifs is 1. The van der Waals surface area contributed by atoms with E-state index in [9.17, 15) is 9.59 Å².